The number of nitrogens with zero attached hydrogens (tertiary/aromatic N) is 2. The van der Waals surface area contributed by atoms with E-state index in [0.29, 0.717) is 47.7 Å². The minimum Gasteiger partial charge on any atom is -0.486 e. The number of hydrogen-bond donors (Lipinski definition) is 3. The molecule has 176 valence electrons. The molecule has 1 aliphatic heterocycles. The van der Waals surface area contributed by atoms with Crippen LogP contribution >= 0.6 is 0 Å². The number of carbonyl (C=O) groups is 1. The Bertz CT molecular complexity index is 1350. The number of hydrogen-bond acceptors (Lipinski definition) is 7. The molecule has 1 aromatic heterocycles. The molecule has 0 atom stereocenters. The maximum Gasteiger partial charge on any atom is 0.259 e. The summed E-state index contributed by atoms with van der Waals surface area (Å²) in [5, 5.41) is 9.44. The van der Waals surface area contributed by atoms with Crippen molar-refractivity contribution in [2.75, 3.05) is 29.2 Å². The van der Waals surface area contributed by atoms with Gasteiger partial charge in [0.1, 0.15) is 19.0 Å². The van der Waals surface area contributed by atoms with Crippen LogP contribution in [0.25, 0.3) is 0 Å². The summed E-state index contributed by atoms with van der Waals surface area (Å²) < 4.78 is 11.2. The van der Waals surface area contributed by atoms with Crippen molar-refractivity contribution >= 4 is 34.7 Å². The first-order chi connectivity index (χ1) is 17.0. The zero-order valence-electron chi connectivity index (χ0n) is 19.5. The second-order valence-electron chi connectivity index (χ2n) is 8.20. The number of nitrogens with one attached hydrogen (secondary N) is 3. The van der Waals surface area contributed by atoms with Crippen molar-refractivity contribution in [3.8, 4) is 11.5 Å². The Morgan fingerprint density at radius 3 is 2.29 bits per heavy atom. The molecular formula is C27H25N5O3. The average molecular weight is 468 g/mol. The van der Waals surface area contributed by atoms with Gasteiger partial charge in [0.05, 0.1) is 5.56 Å². The molecule has 0 saturated carbocycles. The molecule has 0 aliphatic carbocycles. The van der Waals surface area contributed by atoms with Gasteiger partial charge in [-0.1, -0.05) is 23.8 Å². The Hall–Kier alpha value is -4.59. The molecule has 8 nitrogen and oxygen atoms in total. The van der Waals surface area contributed by atoms with Crippen LogP contribution < -0.4 is 25.4 Å². The number of para-hydroxylation sites is 1. The van der Waals surface area contributed by atoms with Gasteiger partial charge in [-0.15, -0.1) is 0 Å². The van der Waals surface area contributed by atoms with E-state index >= 15 is 0 Å². The SMILES string of the molecule is Cc1ccc(Nc2nc(C)cc(Nc3ccc(NC(=O)c4cccc5c4OCCO5)cc3)n2)cc1. The fourth-order valence-corrected chi connectivity index (χ4v) is 3.69. The number of aryl methyl sites for hydroxylation is 2. The van der Waals surface area contributed by atoms with Crippen LogP contribution in [0.4, 0.5) is 28.8 Å². The van der Waals surface area contributed by atoms with Crippen LogP contribution in [0.3, 0.4) is 0 Å². The summed E-state index contributed by atoms with van der Waals surface area (Å²) in [5.41, 5.74) is 4.87. The average Bonchev–Trinajstić information content (AvgIpc) is 2.86. The van der Waals surface area contributed by atoms with E-state index < -0.39 is 0 Å². The van der Waals surface area contributed by atoms with Gasteiger partial charge in [-0.2, -0.15) is 4.98 Å². The van der Waals surface area contributed by atoms with Crippen molar-refractivity contribution < 1.29 is 14.3 Å². The normalized spacial score (nSPS) is 12.1. The number of ether oxygens (including phenoxy) is 2. The summed E-state index contributed by atoms with van der Waals surface area (Å²) in [6.07, 6.45) is 0. The van der Waals surface area contributed by atoms with Crippen LogP contribution in [0.2, 0.25) is 0 Å². The molecule has 0 bridgehead atoms. The predicted octanol–water partition coefficient (Wildman–Crippen LogP) is 5.60. The van der Waals surface area contributed by atoms with E-state index in [1.165, 1.54) is 5.56 Å². The number of carbonyl (C=O) groups excluding carboxylic acids is 1. The van der Waals surface area contributed by atoms with Gasteiger partial charge in [-0.3, -0.25) is 4.79 Å². The number of rotatable bonds is 6. The van der Waals surface area contributed by atoms with Gasteiger partial charge in [0, 0.05) is 28.8 Å². The summed E-state index contributed by atoms with van der Waals surface area (Å²) in [6.45, 7) is 4.86. The lowest BCUT2D eigenvalue weighted by atomic mass is 10.1. The first-order valence-corrected chi connectivity index (χ1v) is 11.3. The van der Waals surface area contributed by atoms with Crippen LogP contribution in [-0.4, -0.2) is 29.1 Å². The van der Waals surface area contributed by atoms with E-state index in [1.807, 2.05) is 68.4 Å². The van der Waals surface area contributed by atoms with Gasteiger partial charge >= 0.3 is 0 Å². The first kappa shape index (κ1) is 22.2. The third-order valence-corrected chi connectivity index (χ3v) is 5.39. The summed E-state index contributed by atoms with van der Waals surface area (Å²) in [7, 11) is 0. The zero-order chi connectivity index (χ0) is 24.2. The lowest BCUT2D eigenvalue weighted by molar-refractivity contribution is 0.101. The summed E-state index contributed by atoms with van der Waals surface area (Å²) in [4.78, 5) is 21.9. The second-order valence-corrected chi connectivity index (χ2v) is 8.20. The number of benzene rings is 3. The lowest BCUT2D eigenvalue weighted by Crippen LogP contribution is -2.20. The third kappa shape index (κ3) is 5.33. The maximum absolute atomic E-state index is 12.8. The smallest absolute Gasteiger partial charge is 0.259 e. The first-order valence-electron chi connectivity index (χ1n) is 11.3. The Morgan fingerprint density at radius 2 is 1.49 bits per heavy atom. The highest BCUT2D eigenvalue weighted by Crippen LogP contribution is 2.34. The van der Waals surface area contributed by atoms with E-state index in [2.05, 4.69) is 25.9 Å². The van der Waals surface area contributed by atoms with Crippen molar-refractivity contribution in [2.24, 2.45) is 0 Å². The number of fused-ring (bicyclic) bond motifs is 1. The minimum absolute atomic E-state index is 0.258. The van der Waals surface area contributed by atoms with Gasteiger partial charge < -0.3 is 25.4 Å². The lowest BCUT2D eigenvalue weighted by Gasteiger charge is -2.20. The van der Waals surface area contributed by atoms with Crippen LogP contribution in [0.5, 0.6) is 11.5 Å². The molecule has 3 aromatic carbocycles. The molecule has 4 aromatic rings. The van der Waals surface area contributed by atoms with Crippen molar-refractivity contribution in [1.82, 2.24) is 9.97 Å². The van der Waals surface area contributed by atoms with E-state index in [9.17, 15) is 4.79 Å². The van der Waals surface area contributed by atoms with Gasteiger partial charge in [-0.05, 0) is 62.4 Å². The molecule has 0 spiro atoms. The summed E-state index contributed by atoms with van der Waals surface area (Å²) >= 11 is 0. The predicted molar refractivity (Wildman–Crippen MR) is 136 cm³/mol. The number of aromatic nitrogens is 2. The van der Waals surface area contributed by atoms with Crippen molar-refractivity contribution in [2.45, 2.75) is 13.8 Å². The van der Waals surface area contributed by atoms with E-state index in [0.717, 1.165) is 17.1 Å². The van der Waals surface area contributed by atoms with Crippen LogP contribution in [0.1, 0.15) is 21.6 Å². The van der Waals surface area contributed by atoms with E-state index in [4.69, 9.17) is 9.47 Å². The fraction of sp³-hybridized carbons (Fsp3) is 0.148. The molecule has 0 saturated heterocycles. The second kappa shape index (κ2) is 9.72. The standard InChI is InChI=1S/C27H25N5O3/c1-17-6-8-21(9-7-17)31-27-28-18(2)16-24(32-27)29-19-10-12-20(13-11-19)30-26(33)22-4-3-5-23-25(22)35-15-14-34-23/h3-13,16H,14-15H2,1-2H3,(H,30,33)(H2,28,29,31,32). The Kier molecular flexibility index (Phi) is 6.17. The van der Waals surface area contributed by atoms with Gasteiger partial charge in [0.15, 0.2) is 11.5 Å². The summed E-state index contributed by atoms with van der Waals surface area (Å²) in [6, 6.07) is 22.6. The van der Waals surface area contributed by atoms with Crippen LogP contribution in [0, 0.1) is 13.8 Å². The molecule has 0 fully saturated rings. The van der Waals surface area contributed by atoms with Gasteiger partial charge in [0.2, 0.25) is 5.95 Å². The third-order valence-electron chi connectivity index (χ3n) is 5.39. The molecular weight excluding hydrogens is 442 g/mol. The molecule has 35 heavy (non-hydrogen) atoms. The Labute approximate surface area is 203 Å². The molecule has 8 heteroatoms. The molecule has 3 N–H and O–H groups in total. The highest BCUT2D eigenvalue weighted by atomic mass is 16.6. The highest BCUT2D eigenvalue weighted by molar-refractivity contribution is 6.06. The fourth-order valence-electron chi connectivity index (χ4n) is 3.69. The minimum atomic E-state index is -0.258. The molecule has 0 unspecified atom stereocenters. The Morgan fingerprint density at radius 1 is 0.800 bits per heavy atom. The molecule has 1 aliphatic rings. The molecule has 2 heterocycles. The topological polar surface area (TPSA) is 97.4 Å². The highest BCUT2D eigenvalue weighted by Gasteiger charge is 2.20. The van der Waals surface area contributed by atoms with Gasteiger partial charge in [0.25, 0.3) is 5.91 Å². The van der Waals surface area contributed by atoms with Crippen molar-refractivity contribution in [3.63, 3.8) is 0 Å². The molecule has 0 radical (unpaired) electrons. The monoisotopic (exact) mass is 467 g/mol. The van der Waals surface area contributed by atoms with Crippen molar-refractivity contribution in [1.29, 1.82) is 0 Å². The zero-order valence-corrected chi connectivity index (χ0v) is 19.5. The van der Waals surface area contributed by atoms with E-state index in [-0.39, 0.29) is 5.91 Å². The maximum atomic E-state index is 12.8. The van der Waals surface area contributed by atoms with Gasteiger partial charge in [-0.25, -0.2) is 4.98 Å². The quantitative estimate of drug-likeness (QED) is 0.339. The number of anilines is 5. The number of amides is 1. The van der Waals surface area contributed by atoms with Crippen molar-refractivity contribution in [3.05, 3.63) is 89.6 Å². The molecule has 1 amide bonds. The molecule has 5 rings (SSSR count). The van der Waals surface area contributed by atoms with Crippen LogP contribution in [0.15, 0.2) is 72.8 Å². The van der Waals surface area contributed by atoms with E-state index in [1.54, 1.807) is 18.2 Å². The van der Waals surface area contributed by atoms with Crippen LogP contribution in [-0.2, 0) is 0 Å². The Balaban J connectivity index is 1.26. The largest absolute Gasteiger partial charge is 0.486 e. The summed E-state index contributed by atoms with van der Waals surface area (Å²) in [5.74, 6) is 1.98.